The third-order valence-corrected chi connectivity index (χ3v) is 3.29. The molecular formula is C16H20O2. The predicted octanol–water partition coefficient (Wildman–Crippen LogP) is 4.31. The zero-order valence-electron chi connectivity index (χ0n) is 10.9. The third kappa shape index (κ3) is 3.22. The Morgan fingerprint density at radius 2 is 1.83 bits per heavy atom. The van der Waals surface area contributed by atoms with E-state index in [0.29, 0.717) is 5.58 Å². The lowest BCUT2D eigenvalue weighted by molar-refractivity contribution is 0.557. The summed E-state index contributed by atoms with van der Waals surface area (Å²) in [6, 6.07) is 9.42. The molecule has 0 aliphatic rings. The van der Waals surface area contributed by atoms with Crippen molar-refractivity contribution in [3.8, 4) is 0 Å². The summed E-state index contributed by atoms with van der Waals surface area (Å²) < 4.78 is 5.19. The van der Waals surface area contributed by atoms with Gasteiger partial charge < -0.3 is 4.42 Å². The van der Waals surface area contributed by atoms with Crippen molar-refractivity contribution in [2.45, 2.75) is 45.4 Å². The molecule has 0 aliphatic heterocycles. The Hall–Kier alpha value is -1.57. The van der Waals surface area contributed by atoms with Crippen LogP contribution in [0.2, 0.25) is 0 Å². The number of aryl methyl sites for hydroxylation is 1. The molecule has 2 heteroatoms. The van der Waals surface area contributed by atoms with Gasteiger partial charge >= 0.3 is 5.63 Å². The molecule has 96 valence electrons. The van der Waals surface area contributed by atoms with Gasteiger partial charge in [0.15, 0.2) is 0 Å². The zero-order valence-corrected chi connectivity index (χ0v) is 10.9. The van der Waals surface area contributed by atoms with E-state index < -0.39 is 0 Å². The zero-order chi connectivity index (χ0) is 12.8. The van der Waals surface area contributed by atoms with Crippen molar-refractivity contribution in [1.82, 2.24) is 0 Å². The van der Waals surface area contributed by atoms with E-state index >= 15 is 0 Å². The van der Waals surface area contributed by atoms with Crippen LogP contribution in [0.1, 0.15) is 44.6 Å². The Bertz CT molecular complexity index is 554. The average Bonchev–Trinajstić information content (AvgIpc) is 2.38. The number of fused-ring (bicyclic) bond motifs is 1. The van der Waals surface area contributed by atoms with E-state index in [2.05, 4.69) is 6.92 Å². The highest BCUT2D eigenvalue weighted by Gasteiger charge is 2.04. The van der Waals surface area contributed by atoms with Crippen LogP contribution in [0.4, 0.5) is 0 Å². The molecule has 0 saturated heterocycles. The largest absolute Gasteiger partial charge is 0.423 e. The van der Waals surface area contributed by atoms with Crippen LogP contribution < -0.4 is 5.63 Å². The Balaban J connectivity index is 2.10. The normalized spacial score (nSPS) is 10.9. The van der Waals surface area contributed by atoms with Crippen LogP contribution in [0.15, 0.2) is 39.5 Å². The fourth-order valence-electron chi connectivity index (χ4n) is 2.30. The van der Waals surface area contributed by atoms with Gasteiger partial charge in [-0.3, -0.25) is 0 Å². The molecule has 0 aliphatic carbocycles. The van der Waals surface area contributed by atoms with E-state index in [1.165, 1.54) is 25.7 Å². The van der Waals surface area contributed by atoms with Crippen molar-refractivity contribution in [3.05, 3.63) is 46.3 Å². The van der Waals surface area contributed by atoms with Gasteiger partial charge in [-0.2, -0.15) is 0 Å². The molecule has 0 saturated carbocycles. The molecule has 0 radical (unpaired) electrons. The third-order valence-electron chi connectivity index (χ3n) is 3.29. The van der Waals surface area contributed by atoms with Crippen molar-refractivity contribution in [2.75, 3.05) is 0 Å². The van der Waals surface area contributed by atoms with E-state index in [0.717, 1.165) is 23.8 Å². The number of rotatable bonds is 6. The van der Waals surface area contributed by atoms with E-state index in [1.54, 1.807) is 6.07 Å². The van der Waals surface area contributed by atoms with E-state index in [4.69, 9.17) is 4.42 Å². The van der Waals surface area contributed by atoms with Gasteiger partial charge in [0.1, 0.15) is 5.58 Å². The van der Waals surface area contributed by atoms with Crippen LogP contribution in [0, 0.1) is 0 Å². The van der Waals surface area contributed by atoms with E-state index in [-0.39, 0.29) is 5.63 Å². The molecule has 0 amide bonds. The Morgan fingerprint density at radius 3 is 2.67 bits per heavy atom. The van der Waals surface area contributed by atoms with Gasteiger partial charge in [0, 0.05) is 11.5 Å². The van der Waals surface area contributed by atoms with Gasteiger partial charge in [-0.25, -0.2) is 4.79 Å². The summed E-state index contributed by atoms with van der Waals surface area (Å²) in [4.78, 5) is 11.5. The summed E-state index contributed by atoms with van der Waals surface area (Å²) in [5.41, 5.74) is 1.59. The summed E-state index contributed by atoms with van der Waals surface area (Å²) >= 11 is 0. The molecular weight excluding hydrogens is 224 g/mol. The minimum absolute atomic E-state index is 0.239. The highest BCUT2D eigenvalue weighted by atomic mass is 16.4. The van der Waals surface area contributed by atoms with Crippen LogP contribution in [0.25, 0.3) is 11.0 Å². The Kier molecular flexibility index (Phi) is 4.57. The number of unbranched alkanes of at least 4 members (excludes halogenated alkanes) is 4. The lowest BCUT2D eigenvalue weighted by Crippen LogP contribution is -2.00. The first-order valence-corrected chi connectivity index (χ1v) is 6.83. The highest BCUT2D eigenvalue weighted by Crippen LogP contribution is 2.18. The molecule has 0 fully saturated rings. The van der Waals surface area contributed by atoms with Gasteiger partial charge in [-0.1, -0.05) is 50.8 Å². The average molecular weight is 244 g/mol. The first-order chi connectivity index (χ1) is 8.81. The highest BCUT2D eigenvalue weighted by molar-refractivity contribution is 5.79. The molecule has 0 bridgehead atoms. The molecule has 2 aromatic rings. The second kappa shape index (κ2) is 6.39. The second-order valence-electron chi connectivity index (χ2n) is 4.75. The van der Waals surface area contributed by atoms with Gasteiger partial charge in [0.2, 0.25) is 0 Å². The van der Waals surface area contributed by atoms with E-state index in [1.807, 2.05) is 24.3 Å². The molecule has 0 unspecified atom stereocenters. The fourth-order valence-corrected chi connectivity index (χ4v) is 2.30. The van der Waals surface area contributed by atoms with Crippen molar-refractivity contribution >= 4 is 11.0 Å². The van der Waals surface area contributed by atoms with Crippen LogP contribution in [-0.2, 0) is 6.42 Å². The molecule has 0 N–H and O–H groups in total. The molecule has 18 heavy (non-hydrogen) atoms. The monoisotopic (exact) mass is 244 g/mol. The minimum Gasteiger partial charge on any atom is -0.423 e. The number of hydrogen-bond donors (Lipinski definition) is 0. The van der Waals surface area contributed by atoms with Crippen molar-refractivity contribution in [3.63, 3.8) is 0 Å². The maximum atomic E-state index is 11.5. The van der Waals surface area contributed by atoms with Crippen molar-refractivity contribution in [1.29, 1.82) is 0 Å². The SMILES string of the molecule is CCCCCCCc1cc(=O)oc2ccccc12. The van der Waals surface area contributed by atoms with Gasteiger partial charge in [-0.05, 0) is 24.5 Å². The fraction of sp³-hybridized carbons (Fsp3) is 0.438. The Morgan fingerprint density at radius 1 is 1.06 bits per heavy atom. The molecule has 1 aromatic heterocycles. The lowest BCUT2D eigenvalue weighted by Gasteiger charge is -2.05. The molecule has 0 spiro atoms. The second-order valence-corrected chi connectivity index (χ2v) is 4.75. The van der Waals surface area contributed by atoms with Crippen LogP contribution >= 0.6 is 0 Å². The summed E-state index contributed by atoms with van der Waals surface area (Å²) in [7, 11) is 0. The number of para-hydroxylation sites is 1. The molecule has 2 rings (SSSR count). The van der Waals surface area contributed by atoms with Crippen LogP contribution in [0.5, 0.6) is 0 Å². The first kappa shape index (κ1) is 12.9. The van der Waals surface area contributed by atoms with Crippen LogP contribution in [0.3, 0.4) is 0 Å². The molecule has 0 atom stereocenters. The van der Waals surface area contributed by atoms with Gasteiger partial charge in [-0.15, -0.1) is 0 Å². The standard InChI is InChI=1S/C16H20O2/c1-2-3-4-5-6-9-13-12-16(17)18-15-11-8-7-10-14(13)15/h7-8,10-12H,2-6,9H2,1H3. The maximum Gasteiger partial charge on any atom is 0.336 e. The maximum absolute atomic E-state index is 11.5. The molecule has 1 aromatic carbocycles. The minimum atomic E-state index is -0.239. The molecule has 2 nitrogen and oxygen atoms in total. The summed E-state index contributed by atoms with van der Waals surface area (Å²) in [5.74, 6) is 0. The summed E-state index contributed by atoms with van der Waals surface area (Å²) in [5, 5.41) is 1.08. The Labute approximate surface area is 108 Å². The first-order valence-electron chi connectivity index (χ1n) is 6.83. The topological polar surface area (TPSA) is 30.2 Å². The summed E-state index contributed by atoms with van der Waals surface area (Å²) in [6.45, 7) is 2.22. The van der Waals surface area contributed by atoms with Crippen LogP contribution in [-0.4, -0.2) is 0 Å². The van der Waals surface area contributed by atoms with Crippen molar-refractivity contribution in [2.24, 2.45) is 0 Å². The summed E-state index contributed by atoms with van der Waals surface area (Å²) in [6.07, 6.45) is 7.21. The number of benzene rings is 1. The van der Waals surface area contributed by atoms with Gasteiger partial charge in [0.25, 0.3) is 0 Å². The smallest absolute Gasteiger partial charge is 0.336 e. The lowest BCUT2D eigenvalue weighted by atomic mass is 10.0. The van der Waals surface area contributed by atoms with Gasteiger partial charge in [0.05, 0.1) is 0 Å². The predicted molar refractivity (Wildman–Crippen MR) is 74.9 cm³/mol. The number of hydrogen-bond acceptors (Lipinski definition) is 2. The van der Waals surface area contributed by atoms with E-state index in [9.17, 15) is 4.79 Å². The quantitative estimate of drug-likeness (QED) is 0.560. The van der Waals surface area contributed by atoms with Crippen molar-refractivity contribution < 1.29 is 4.42 Å². The molecule has 1 heterocycles.